The average molecular weight is 246 g/mol. The van der Waals surface area contributed by atoms with Gasteiger partial charge in [-0.05, 0) is 18.2 Å². The van der Waals surface area contributed by atoms with Gasteiger partial charge in [0.1, 0.15) is 11.9 Å². The van der Waals surface area contributed by atoms with Crippen LogP contribution in [-0.4, -0.2) is 11.8 Å². The number of nitrogens with zero attached hydrogens (tertiary/aromatic N) is 2. The first-order valence-electron chi connectivity index (χ1n) is 5.55. The van der Waals surface area contributed by atoms with E-state index in [9.17, 15) is 14.0 Å². The molecule has 0 bridgehead atoms. The predicted octanol–water partition coefficient (Wildman–Crippen LogP) is 1.84. The number of imide groups is 1. The van der Waals surface area contributed by atoms with Crippen LogP contribution in [0.15, 0.2) is 18.2 Å². The molecule has 1 aliphatic rings. The Morgan fingerprint density at radius 2 is 1.78 bits per heavy atom. The first kappa shape index (κ1) is 12.2. The highest BCUT2D eigenvalue weighted by Gasteiger charge is 2.43. The van der Waals surface area contributed by atoms with Gasteiger partial charge in [0.2, 0.25) is 11.8 Å². The molecule has 5 heteroatoms. The number of rotatable bonds is 1. The summed E-state index contributed by atoms with van der Waals surface area (Å²) in [5, 5.41) is 8.74. The Balaban J connectivity index is 2.47. The number of benzene rings is 1. The van der Waals surface area contributed by atoms with E-state index >= 15 is 0 Å². The van der Waals surface area contributed by atoms with Crippen LogP contribution in [0.5, 0.6) is 0 Å². The standard InChI is InChI=1S/C13H11FN2O2/c1-7-8(2)13(18)16(12(7)17)10-3-4-11(14)9(5-10)6-15/h3-5,7-8H,1-2H3. The molecule has 0 N–H and O–H groups in total. The molecule has 0 spiro atoms. The Bertz CT molecular complexity index is 557. The minimum Gasteiger partial charge on any atom is -0.274 e. The molecule has 0 aromatic heterocycles. The molecular formula is C13H11FN2O2. The summed E-state index contributed by atoms with van der Waals surface area (Å²) in [6.07, 6.45) is 0. The van der Waals surface area contributed by atoms with Crippen molar-refractivity contribution in [1.82, 2.24) is 0 Å². The molecule has 1 heterocycles. The lowest BCUT2D eigenvalue weighted by Gasteiger charge is -2.14. The molecule has 1 aromatic carbocycles. The number of anilines is 1. The summed E-state index contributed by atoms with van der Waals surface area (Å²) in [6, 6.07) is 5.32. The van der Waals surface area contributed by atoms with Gasteiger partial charge >= 0.3 is 0 Å². The van der Waals surface area contributed by atoms with Gasteiger partial charge in [0.05, 0.1) is 11.3 Å². The highest BCUT2D eigenvalue weighted by Crippen LogP contribution is 2.31. The Hall–Kier alpha value is -2.22. The lowest BCUT2D eigenvalue weighted by Crippen LogP contribution is -2.30. The van der Waals surface area contributed by atoms with Gasteiger partial charge in [0.25, 0.3) is 0 Å². The number of hydrogen-bond donors (Lipinski definition) is 0. The maximum Gasteiger partial charge on any atom is 0.237 e. The van der Waals surface area contributed by atoms with Gasteiger partial charge in [-0.25, -0.2) is 4.39 Å². The predicted molar refractivity (Wildman–Crippen MR) is 61.9 cm³/mol. The molecule has 0 radical (unpaired) electrons. The fourth-order valence-corrected chi connectivity index (χ4v) is 1.94. The molecule has 1 aromatic rings. The van der Waals surface area contributed by atoms with Crippen molar-refractivity contribution in [3.63, 3.8) is 0 Å². The number of carbonyl (C=O) groups excluding carboxylic acids is 2. The molecule has 2 atom stereocenters. The zero-order valence-corrected chi connectivity index (χ0v) is 9.98. The summed E-state index contributed by atoms with van der Waals surface area (Å²) in [7, 11) is 0. The number of amides is 2. The first-order chi connectivity index (χ1) is 8.47. The quantitative estimate of drug-likeness (QED) is 0.710. The van der Waals surface area contributed by atoms with Gasteiger partial charge in [-0.2, -0.15) is 5.26 Å². The zero-order valence-electron chi connectivity index (χ0n) is 9.98. The van der Waals surface area contributed by atoms with Crippen molar-refractivity contribution in [2.24, 2.45) is 11.8 Å². The summed E-state index contributed by atoms with van der Waals surface area (Å²) < 4.78 is 13.2. The molecule has 1 saturated heterocycles. The molecule has 1 fully saturated rings. The van der Waals surface area contributed by atoms with Crippen molar-refractivity contribution < 1.29 is 14.0 Å². The van der Waals surface area contributed by atoms with Gasteiger partial charge in [-0.1, -0.05) is 13.8 Å². The van der Waals surface area contributed by atoms with E-state index in [0.29, 0.717) is 0 Å². The van der Waals surface area contributed by atoms with E-state index < -0.39 is 17.7 Å². The van der Waals surface area contributed by atoms with Gasteiger partial charge in [-0.15, -0.1) is 0 Å². The second-order valence-corrected chi connectivity index (χ2v) is 4.37. The van der Waals surface area contributed by atoms with Gasteiger partial charge in [0, 0.05) is 11.8 Å². The topological polar surface area (TPSA) is 61.2 Å². The van der Waals surface area contributed by atoms with Gasteiger partial charge in [0.15, 0.2) is 0 Å². The Morgan fingerprint density at radius 3 is 2.28 bits per heavy atom. The van der Waals surface area contributed by atoms with Crippen LogP contribution >= 0.6 is 0 Å². The lowest BCUT2D eigenvalue weighted by atomic mass is 10.00. The second kappa shape index (κ2) is 4.22. The molecule has 1 aliphatic heterocycles. The maximum absolute atomic E-state index is 13.2. The maximum atomic E-state index is 13.2. The van der Waals surface area contributed by atoms with E-state index in [1.54, 1.807) is 19.9 Å². The van der Waals surface area contributed by atoms with Crippen LogP contribution in [0.1, 0.15) is 19.4 Å². The molecule has 2 amide bonds. The van der Waals surface area contributed by atoms with Crippen LogP contribution in [0.2, 0.25) is 0 Å². The summed E-state index contributed by atoms with van der Waals surface area (Å²) in [5.74, 6) is -2.09. The van der Waals surface area contributed by atoms with E-state index in [1.165, 1.54) is 12.1 Å². The SMILES string of the molecule is CC1C(=O)N(c2ccc(F)c(C#N)c2)C(=O)C1C. The monoisotopic (exact) mass is 246 g/mol. The number of hydrogen-bond acceptors (Lipinski definition) is 3. The molecule has 2 rings (SSSR count). The van der Waals surface area contributed by atoms with Crippen molar-refractivity contribution in [3.8, 4) is 6.07 Å². The highest BCUT2D eigenvalue weighted by molar-refractivity contribution is 6.21. The second-order valence-electron chi connectivity index (χ2n) is 4.37. The third kappa shape index (κ3) is 1.66. The normalized spacial score (nSPS) is 23.3. The molecule has 0 saturated carbocycles. The minimum atomic E-state index is -0.665. The largest absolute Gasteiger partial charge is 0.274 e. The smallest absolute Gasteiger partial charge is 0.237 e. The van der Waals surface area contributed by atoms with Gasteiger partial charge < -0.3 is 0 Å². The number of carbonyl (C=O) groups is 2. The van der Waals surface area contributed by atoms with Crippen LogP contribution in [0.3, 0.4) is 0 Å². The molecule has 0 aliphatic carbocycles. The van der Waals surface area contributed by atoms with Crippen molar-refractivity contribution in [2.45, 2.75) is 13.8 Å². The Kier molecular flexibility index (Phi) is 2.87. The first-order valence-corrected chi connectivity index (χ1v) is 5.55. The van der Waals surface area contributed by atoms with Crippen LogP contribution in [0, 0.1) is 29.0 Å². The molecule has 4 nitrogen and oxygen atoms in total. The molecule has 2 unspecified atom stereocenters. The molecule has 92 valence electrons. The lowest BCUT2D eigenvalue weighted by molar-refractivity contribution is -0.122. The van der Waals surface area contributed by atoms with Crippen LogP contribution in [0.4, 0.5) is 10.1 Å². The van der Waals surface area contributed by atoms with Crippen LogP contribution in [0.25, 0.3) is 0 Å². The fraction of sp³-hybridized carbons (Fsp3) is 0.308. The number of nitriles is 1. The van der Waals surface area contributed by atoms with E-state index in [0.717, 1.165) is 11.0 Å². The summed E-state index contributed by atoms with van der Waals surface area (Å²) in [5.41, 5.74) is 0.0689. The Morgan fingerprint density at radius 1 is 1.22 bits per heavy atom. The van der Waals surface area contributed by atoms with Crippen LogP contribution in [-0.2, 0) is 9.59 Å². The summed E-state index contributed by atoms with van der Waals surface area (Å²) in [6.45, 7) is 3.36. The number of halogens is 1. The summed E-state index contributed by atoms with van der Waals surface area (Å²) >= 11 is 0. The van der Waals surface area contributed by atoms with E-state index in [-0.39, 0.29) is 23.1 Å². The van der Waals surface area contributed by atoms with E-state index in [2.05, 4.69) is 0 Å². The van der Waals surface area contributed by atoms with E-state index in [1.807, 2.05) is 0 Å². The van der Waals surface area contributed by atoms with Gasteiger partial charge in [-0.3, -0.25) is 14.5 Å². The van der Waals surface area contributed by atoms with Crippen LogP contribution < -0.4 is 4.90 Å². The van der Waals surface area contributed by atoms with Crippen molar-refractivity contribution >= 4 is 17.5 Å². The van der Waals surface area contributed by atoms with Crippen molar-refractivity contribution in [3.05, 3.63) is 29.6 Å². The third-order valence-corrected chi connectivity index (χ3v) is 3.30. The fourth-order valence-electron chi connectivity index (χ4n) is 1.94. The average Bonchev–Trinajstić information content (AvgIpc) is 2.55. The van der Waals surface area contributed by atoms with Crippen molar-refractivity contribution in [1.29, 1.82) is 5.26 Å². The summed E-state index contributed by atoms with van der Waals surface area (Å²) in [4.78, 5) is 24.9. The van der Waals surface area contributed by atoms with E-state index in [4.69, 9.17) is 5.26 Å². The third-order valence-electron chi connectivity index (χ3n) is 3.30. The Labute approximate surface area is 104 Å². The van der Waals surface area contributed by atoms with Crippen molar-refractivity contribution in [2.75, 3.05) is 4.90 Å². The highest BCUT2D eigenvalue weighted by atomic mass is 19.1. The molecular weight excluding hydrogens is 235 g/mol. The molecule has 18 heavy (non-hydrogen) atoms. The zero-order chi connectivity index (χ0) is 13.4. The minimum absolute atomic E-state index is 0.180.